The van der Waals surface area contributed by atoms with Gasteiger partial charge in [0.1, 0.15) is 0 Å². The van der Waals surface area contributed by atoms with Crippen LogP contribution in [0.15, 0.2) is 94.5 Å². The van der Waals surface area contributed by atoms with Gasteiger partial charge in [0, 0.05) is 16.2 Å². The summed E-state index contributed by atoms with van der Waals surface area (Å²) in [6, 6.07) is 28.0. The molecule has 0 aliphatic heterocycles. The average molecular weight is 412 g/mol. The molecule has 6 aromatic carbocycles. The van der Waals surface area contributed by atoms with E-state index in [1.54, 1.807) is 6.07 Å². The molecule has 0 aliphatic carbocycles. The number of H-pyrrole nitrogens is 2. The Hall–Kier alpha value is -4.44. The van der Waals surface area contributed by atoms with E-state index in [-0.39, 0.29) is 0 Å². The molecule has 7 rings (SSSR count). The molecule has 0 saturated carbocycles. The largest absolute Gasteiger partial charge is 0.352 e. The van der Waals surface area contributed by atoms with Crippen molar-refractivity contribution in [3.05, 3.63) is 105 Å². The van der Waals surface area contributed by atoms with Crippen LogP contribution in [0.4, 0.5) is 0 Å². The molecule has 0 radical (unpaired) electrons. The van der Waals surface area contributed by atoms with Crippen LogP contribution in [-0.2, 0) is 0 Å². The summed E-state index contributed by atoms with van der Waals surface area (Å²) >= 11 is 0. The lowest BCUT2D eigenvalue weighted by Gasteiger charge is -2.11. The molecule has 32 heavy (non-hydrogen) atoms. The summed E-state index contributed by atoms with van der Waals surface area (Å²) in [6.45, 7) is 0. The highest BCUT2D eigenvalue weighted by molar-refractivity contribution is 6.14. The monoisotopic (exact) mass is 412 g/mol. The number of hydrogen-bond acceptors (Lipinski definition) is 2. The van der Waals surface area contributed by atoms with Crippen molar-refractivity contribution in [1.29, 1.82) is 0 Å². The first-order valence-corrected chi connectivity index (χ1v) is 10.5. The van der Waals surface area contributed by atoms with E-state index in [0.717, 1.165) is 43.6 Å². The topological polar surface area (TPSA) is 65.7 Å². The third-order valence-electron chi connectivity index (χ3n) is 6.48. The molecule has 4 nitrogen and oxygen atoms in total. The van der Waals surface area contributed by atoms with Gasteiger partial charge in [-0.2, -0.15) is 0 Å². The first kappa shape index (κ1) is 17.3. The minimum atomic E-state index is -0.470. The molecular formula is C28H16N2O2. The van der Waals surface area contributed by atoms with E-state index in [1.165, 1.54) is 22.2 Å². The van der Waals surface area contributed by atoms with Gasteiger partial charge in [-0.15, -0.1) is 0 Å². The Morgan fingerprint density at radius 3 is 1.66 bits per heavy atom. The van der Waals surface area contributed by atoms with Crippen molar-refractivity contribution >= 4 is 65.2 Å². The van der Waals surface area contributed by atoms with Crippen molar-refractivity contribution in [1.82, 2.24) is 9.97 Å². The van der Waals surface area contributed by atoms with Crippen molar-refractivity contribution in [3.63, 3.8) is 0 Å². The van der Waals surface area contributed by atoms with Gasteiger partial charge in [0.15, 0.2) is 0 Å². The van der Waals surface area contributed by atoms with Gasteiger partial charge >= 0.3 is 0 Å². The van der Waals surface area contributed by atoms with Crippen molar-refractivity contribution in [2.75, 3.05) is 0 Å². The van der Waals surface area contributed by atoms with E-state index in [2.05, 4.69) is 58.5 Å². The van der Waals surface area contributed by atoms with Crippen LogP contribution in [0.2, 0.25) is 0 Å². The first-order chi connectivity index (χ1) is 15.7. The first-order valence-electron chi connectivity index (χ1n) is 10.5. The minimum absolute atomic E-state index is 0.447. The van der Waals surface area contributed by atoms with E-state index < -0.39 is 10.9 Å². The fourth-order valence-corrected chi connectivity index (χ4v) is 4.86. The summed E-state index contributed by atoms with van der Waals surface area (Å²) < 4.78 is 0. The van der Waals surface area contributed by atoms with Crippen LogP contribution < -0.4 is 10.9 Å². The van der Waals surface area contributed by atoms with Gasteiger partial charge in [0.25, 0.3) is 0 Å². The fourth-order valence-electron chi connectivity index (χ4n) is 4.86. The fraction of sp³-hybridized carbons (Fsp3) is 0. The summed E-state index contributed by atoms with van der Waals surface area (Å²) in [5.74, 6) is 0. The van der Waals surface area contributed by atoms with E-state index in [1.807, 2.05) is 24.3 Å². The Morgan fingerprint density at radius 2 is 0.969 bits per heavy atom. The van der Waals surface area contributed by atoms with Crippen LogP contribution in [0.1, 0.15) is 0 Å². The third kappa shape index (κ3) is 2.32. The highest BCUT2D eigenvalue weighted by atomic mass is 16.2. The lowest BCUT2D eigenvalue weighted by atomic mass is 10.0. The van der Waals surface area contributed by atoms with Gasteiger partial charge in [-0.25, -0.2) is 0 Å². The quantitative estimate of drug-likeness (QED) is 0.183. The summed E-state index contributed by atoms with van der Waals surface area (Å²) in [6.07, 6.45) is 0. The molecule has 0 atom stereocenters. The highest BCUT2D eigenvalue weighted by Crippen LogP contribution is 2.32. The van der Waals surface area contributed by atoms with Crippen molar-refractivity contribution in [3.8, 4) is 0 Å². The van der Waals surface area contributed by atoms with Crippen LogP contribution in [-0.4, -0.2) is 9.97 Å². The zero-order valence-electron chi connectivity index (χ0n) is 16.9. The van der Waals surface area contributed by atoms with Crippen LogP contribution in [0.5, 0.6) is 0 Å². The maximum absolute atomic E-state index is 12.3. The minimum Gasteiger partial charge on any atom is -0.352 e. The Kier molecular flexibility index (Phi) is 3.26. The molecule has 0 spiro atoms. The predicted octanol–water partition coefficient (Wildman–Crippen LogP) is 5.98. The SMILES string of the molecule is O=c1ccc2cc3c(ccc4[nH]c5c(ccc6cc7ccccc7cc65)[nH]c43)cc2c1=O. The number of rotatable bonds is 0. The van der Waals surface area contributed by atoms with Crippen molar-refractivity contribution < 1.29 is 0 Å². The van der Waals surface area contributed by atoms with Crippen molar-refractivity contribution in [2.45, 2.75) is 0 Å². The Bertz CT molecular complexity index is 2030. The number of aromatic nitrogens is 2. The zero-order chi connectivity index (χ0) is 21.4. The normalized spacial score (nSPS) is 12.0. The highest BCUT2D eigenvalue weighted by Gasteiger charge is 2.10. The Labute approximate surface area is 180 Å². The van der Waals surface area contributed by atoms with Gasteiger partial charge in [-0.3, -0.25) is 9.59 Å². The second-order valence-electron chi connectivity index (χ2n) is 8.33. The van der Waals surface area contributed by atoms with Gasteiger partial charge in [0.2, 0.25) is 10.9 Å². The maximum atomic E-state index is 12.3. The molecule has 0 aliphatic rings. The van der Waals surface area contributed by atoms with E-state index in [9.17, 15) is 9.59 Å². The number of nitrogens with one attached hydrogen (secondary N) is 2. The molecule has 0 bridgehead atoms. The number of benzene rings is 6. The van der Waals surface area contributed by atoms with Gasteiger partial charge in [-0.1, -0.05) is 42.5 Å². The zero-order valence-corrected chi connectivity index (χ0v) is 16.9. The summed E-state index contributed by atoms with van der Waals surface area (Å²) in [5, 5.41) is 7.94. The lowest BCUT2D eigenvalue weighted by molar-refractivity contribution is 1.42. The van der Waals surface area contributed by atoms with Crippen molar-refractivity contribution in [2.24, 2.45) is 0 Å². The second kappa shape index (κ2) is 6.05. The molecule has 0 unspecified atom stereocenters. The average Bonchev–Trinajstić information content (AvgIpc) is 2.83. The van der Waals surface area contributed by atoms with Crippen LogP contribution >= 0.6 is 0 Å². The second-order valence-corrected chi connectivity index (χ2v) is 8.33. The molecule has 0 fully saturated rings. The van der Waals surface area contributed by atoms with Gasteiger partial charge in [-0.05, 0) is 69.4 Å². The summed E-state index contributed by atoms with van der Waals surface area (Å²) in [7, 11) is 0. The lowest BCUT2D eigenvalue weighted by Crippen LogP contribution is -2.21. The number of aromatic amines is 2. The maximum Gasteiger partial charge on any atom is 0.233 e. The van der Waals surface area contributed by atoms with Crippen LogP contribution in [0, 0.1) is 0 Å². The molecule has 0 amide bonds. The molecular weight excluding hydrogens is 396 g/mol. The van der Waals surface area contributed by atoms with Crippen LogP contribution in [0.25, 0.3) is 65.2 Å². The smallest absolute Gasteiger partial charge is 0.233 e. The van der Waals surface area contributed by atoms with Gasteiger partial charge < -0.3 is 9.97 Å². The predicted molar refractivity (Wildman–Crippen MR) is 133 cm³/mol. The molecule has 4 heteroatoms. The standard InChI is InChI=1S/C28H16N2O2/c31-25-10-7-19-13-21-18(14-22(19)28(25)32)6-9-24-27(21)30-23-8-5-17-11-15-3-1-2-4-16(15)12-20(17)26(23)29-24/h1-14,29-30H. The third-order valence-corrected chi connectivity index (χ3v) is 6.48. The molecule has 1 heterocycles. The van der Waals surface area contributed by atoms with E-state index >= 15 is 0 Å². The Balaban J connectivity index is 1.61. The molecule has 7 aromatic rings. The molecule has 150 valence electrons. The van der Waals surface area contributed by atoms with E-state index in [4.69, 9.17) is 0 Å². The molecule has 0 saturated heterocycles. The molecule has 1 aromatic heterocycles. The summed E-state index contributed by atoms with van der Waals surface area (Å²) in [4.78, 5) is 31.3. The van der Waals surface area contributed by atoms with Crippen LogP contribution in [0.3, 0.4) is 0 Å². The van der Waals surface area contributed by atoms with Gasteiger partial charge in [0.05, 0.1) is 22.1 Å². The number of fused-ring (bicyclic) bond motifs is 8. The Morgan fingerprint density at radius 1 is 0.469 bits per heavy atom. The molecule has 2 N–H and O–H groups in total. The summed E-state index contributed by atoms with van der Waals surface area (Å²) in [5.41, 5.74) is 3.09. The van der Waals surface area contributed by atoms with E-state index in [0.29, 0.717) is 5.39 Å². The number of hydrogen-bond donors (Lipinski definition) is 2.